The summed E-state index contributed by atoms with van der Waals surface area (Å²) in [6.45, 7) is 11.7. The van der Waals surface area contributed by atoms with Crippen LogP contribution in [0.3, 0.4) is 0 Å². The molecule has 18 heavy (non-hydrogen) atoms. The Morgan fingerprint density at radius 1 is 1.33 bits per heavy atom. The molecule has 1 fully saturated rings. The monoisotopic (exact) mass is 250 g/mol. The van der Waals surface area contributed by atoms with Crippen molar-refractivity contribution in [1.29, 1.82) is 0 Å². The van der Waals surface area contributed by atoms with Crippen molar-refractivity contribution in [1.82, 2.24) is 9.88 Å². The van der Waals surface area contributed by atoms with Crippen molar-refractivity contribution in [3.8, 4) is 0 Å². The van der Waals surface area contributed by atoms with Gasteiger partial charge in [-0.3, -0.25) is 0 Å². The van der Waals surface area contributed by atoms with Gasteiger partial charge < -0.3 is 14.6 Å². The lowest BCUT2D eigenvalue weighted by Crippen LogP contribution is -2.27. The molecular formula is C15H26N2O. The molecule has 1 aliphatic heterocycles. The fraction of sp³-hybridized carbons (Fsp3) is 0.733. The van der Waals surface area contributed by atoms with Crippen LogP contribution >= 0.6 is 0 Å². The van der Waals surface area contributed by atoms with E-state index in [1.54, 1.807) is 0 Å². The van der Waals surface area contributed by atoms with E-state index in [-0.39, 0.29) is 0 Å². The Bertz CT molecular complexity index is 378. The van der Waals surface area contributed by atoms with Crippen molar-refractivity contribution in [2.24, 2.45) is 5.92 Å². The molecular weight excluding hydrogens is 224 g/mol. The molecule has 0 spiro atoms. The highest BCUT2D eigenvalue weighted by Crippen LogP contribution is 2.16. The number of ether oxygens (including phenoxy) is 1. The number of nitrogens with zero attached hydrogens (tertiary/aromatic N) is 1. The molecule has 0 unspecified atom stereocenters. The summed E-state index contributed by atoms with van der Waals surface area (Å²) in [5, 5.41) is 3.61. The van der Waals surface area contributed by atoms with Gasteiger partial charge in [0.25, 0.3) is 0 Å². The standard InChI is InChI=1S/C15H26N2O/c1-4-17-12(2)9-15(13(17)3)11-16-10-14-5-7-18-8-6-14/h9,14,16H,4-8,10-11H2,1-3H3. The lowest BCUT2D eigenvalue weighted by molar-refractivity contribution is 0.0662. The Labute approximate surface area is 111 Å². The minimum Gasteiger partial charge on any atom is -0.381 e. The first-order valence-corrected chi connectivity index (χ1v) is 7.16. The minimum atomic E-state index is 0.799. The van der Waals surface area contributed by atoms with Crippen LogP contribution in [0.5, 0.6) is 0 Å². The molecule has 0 bridgehead atoms. The number of aryl methyl sites for hydroxylation is 1. The Hall–Kier alpha value is -0.800. The average molecular weight is 250 g/mol. The summed E-state index contributed by atoms with van der Waals surface area (Å²) in [4.78, 5) is 0. The Kier molecular flexibility index (Phi) is 4.84. The van der Waals surface area contributed by atoms with Crippen LogP contribution in [-0.2, 0) is 17.8 Å². The maximum absolute atomic E-state index is 5.39. The smallest absolute Gasteiger partial charge is 0.0469 e. The van der Waals surface area contributed by atoms with Crippen LogP contribution < -0.4 is 5.32 Å². The first kappa shape index (κ1) is 13.6. The average Bonchev–Trinajstić information content (AvgIpc) is 2.65. The summed E-state index contributed by atoms with van der Waals surface area (Å²) in [5.74, 6) is 0.799. The summed E-state index contributed by atoms with van der Waals surface area (Å²) < 4.78 is 7.77. The summed E-state index contributed by atoms with van der Waals surface area (Å²) in [6.07, 6.45) is 2.42. The normalized spacial score (nSPS) is 17.3. The SMILES string of the molecule is CCn1c(C)cc(CNCC2CCOCC2)c1C. The Morgan fingerprint density at radius 2 is 2.06 bits per heavy atom. The van der Waals surface area contributed by atoms with Gasteiger partial charge in [-0.25, -0.2) is 0 Å². The maximum atomic E-state index is 5.39. The van der Waals surface area contributed by atoms with E-state index in [0.29, 0.717) is 0 Å². The van der Waals surface area contributed by atoms with E-state index in [0.717, 1.165) is 38.8 Å². The zero-order chi connectivity index (χ0) is 13.0. The van der Waals surface area contributed by atoms with Crippen LogP contribution in [0.4, 0.5) is 0 Å². The van der Waals surface area contributed by atoms with Gasteiger partial charge in [0.15, 0.2) is 0 Å². The molecule has 2 heterocycles. The molecule has 0 aliphatic carbocycles. The van der Waals surface area contributed by atoms with Gasteiger partial charge in [-0.2, -0.15) is 0 Å². The van der Waals surface area contributed by atoms with Gasteiger partial charge in [0.1, 0.15) is 0 Å². The summed E-state index contributed by atoms with van der Waals surface area (Å²) in [5.41, 5.74) is 4.23. The van der Waals surface area contributed by atoms with Gasteiger partial charge in [-0.1, -0.05) is 0 Å². The predicted octanol–water partition coefficient (Wildman–Crippen LogP) is 2.64. The van der Waals surface area contributed by atoms with Gasteiger partial charge >= 0.3 is 0 Å². The maximum Gasteiger partial charge on any atom is 0.0469 e. The van der Waals surface area contributed by atoms with E-state index in [1.165, 1.54) is 29.8 Å². The first-order chi connectivity index (χ1) is 8.72. The van der Waals surface area contributed by atoms with Crippen molar-refractivity contribution in [3.05, 3.63) is 23.0 Å². The van der Waals surface area contributed by atoms with Crippen LogP contribution in [0.1, 0.15) is 36.7 Å². The molecule has 1 aliphatic rings. The van der Waals surface area contributed by atoms with E-state index in [1.807, 2.05) is 0 Å². The minimum absolute atomic E-state index is 0.799. The number of nitrogens with one attached hydrogen (secondary N) is 1. The lowest BCUT2D eigenvalue weighted by Gasteiger charge is -2.22. The van der Waals surface area contributed by atoms with E-state index in [9.17, 15) is 0 Å². The summed E-state index contributed by atoms with van der Waals surface area (Å²) in [7, 11) is 0. The molecule has 0 aromatic carbocycles. The molecule has 3 nitrogen and oxygen atoms in total. The van der Waals surface area contributed by atoms with Gasteiger partial charge in [0, 0.05) is 37.7 Å². The second kappa shape index (κ2) is 6.39. The van der Waals surface area contributed by atoms with E-state index < -0.39 is 0 Å². The van der Waals surface area contributed by atoms with E-state index >= 15 is 0 Å². The number of rotatable bonds is 5. The van der Waals surface area contributed by atoms with E-state index in [2.05, 4.69) is 36.7 Å². The molecule has 0 saturated carbocycles. The molecule has 1 aromatic rings. The van der Waals surface area contributed by atoms with Gasteiger partial charge in [-0.05, 0) is 57.7 Å². The zero-order valence-corrected chi connectivity index (χ0v) is 12.0. The lowest BCUT2D eigenvalue weighted by atomic mass is 10.0. The highest BCUT2D eigenvalue weighted by atomic mass is 16.5. The fourth-order valence-corrected chi connectivity index (χ4v) is 2.90. The Morgan fingerprint density at radius 3 is 2.67 bits per heavy atom. The zero-order valence-electron chi connectivity index (χ0n) is 12.0. The topological polar surface area (TPSA) is 26.2 Å². The highest BCUT2D eigenvalue weighted by Gasteiger charge is 2.13. The van der Waals surface area contributed by atoms with Crippen molar-refractivity contribution >= 4 is 0 Å². The largest absolute Gasteiger partial charge is 0.381 e. The quantitative estimate of drug-likeness (QED) is 0.869. The van der Waals surface area contributed by atoms with Crippen molar-refractivity contribution in [2.45, 2.75) is 46.7 Å². The highest BCUT2D eigenvalue weighted by molar-refractivity contribution is 5.26. The van der Waals surface area contributed by atoms with Crippen molar-refractivity contribution in [3.63, 3.8) is 0 Å². The third-order valence-electron chi connectivity index (χ3n) is 4.08. The second-order valence-corrected chi connectivity index (χ2v) is 5.33. The number of hydrogen-bond donors (Lipinski definition) is 1. The third kappa shape index (κ3) is 3.15. The van der Waals surface area contributed by atoms with Gasteiger partial charge in [0.2, 0.25) is 0 Å². The van der Waals surface area contributed by atoms with Crippen LogP contribution in [0.15, 0.2) is 6.07 Å². The van der Waals surface area contributed by atoms with E-state index in [4.69, 9.17) is 4.74 Å². The third-order valence-corrected chi connectivity index (χ3v) is 4.08. The summed E-state index contributed by atoms with van der Waals surface area (Å²) >= 11 is 0. The van der Waals surface area contributed by atoms with Gasteiger partial charge in [-0.15, -0.1) is 0 Å². The summed E-state index contributed by atoms with van der Waals surface area (Å²) in [6, 6.07) is 2.32. The van der Waals surface area contributed by atoms with Crippen LogP contribution in [0.25, 0.3) is 0 Å². The molecule has 2 rings (SSSR count). The molecule has 1 N–H and O–H groups in total. The molecule has 3 heteroatoms. The molecule has 102 valence electrons. The predicted molar refractivity (Wildman–Crippen MR) is 74.8 cm³/mol. The van der Waals surface area contributed by atoms with Crippen molar-refractivity contribution in [2.75, 3.05) is 19.8 Å². The molecule has 1 saturated heterocycles. The first-order valence-electron chi connectivity index (χ1n) is 7.16. The molecule has 0 amide bonds. The number of hydrogen-bond acceptors (Lipinski definition) is 2. The van der Waals surface area contributed by atoms with Crippen LogP contribution in [0.2, 0.25) is 0 Å². The molecule has 0 atom stereocenters. The molecule has 1 aromatic heterocycles. The molecule has 0 radical (unpaired) electrons. The van der Waals surface area contributed by atoms with Crippen LogP contribution in [-0.4, -0.2) is 24.3 Å². The Balaban J connectivity index is 1.82. The second-order valence-electron chi connectivity index (χ2n) is 5.33. The van der Waals surface area contributed by atoms with Crippen molar-refractivity contribution < 1.29 is 4.74 Å². The number of aromatic nitrogens is 1. The van der Waals surface area contributed by atoms with Gasteiger partial charge in [0.05, 0.1) is 0 Å². The fourth-order valence-electron chi connectivity index (χ4n) is 2.90. The van der Waals surface area contributed by atoms with Crippen LogP contribution in [0, 0.1) is 19.8 Å².